The Morgan fingerprint density at radius 2 is 2.00 bits per heavy atom. The van der Waals surface area contributed by atoms with Gasteiger partial charge in [0, 0.05) is 26.7 Å². The number of carbonyl (C=O) groups excluding carboxylic acids is 1. The predicted molar refractivity (Wildman–Crippen MR) is 89.0 cm³/mol. The van der Waals surface area contributed by atoms with Crippen molar-refractivity contribution in [2.45, 2.75) is 39.5 Å². The summed E-state index contributed by atoms with van der Waals surface area (Å²) in [5.74, 6) is 1.12. The molecule has 0 unspecified atom stereocenters. The molecule has 2 rings (SSSR count). The Morgan fingerprint density at radius 3 is 2.57 bits per heavy atom. The fourth-order valence-electron chi connectivity index (χ4n) is 2.37. The summed E-state index contributed by atoms with van der Waals surface area (Å²) in [4.78, 5) is 21.7. The number of anilines is 2. The number of amides is 1. The van der Waals surface area contributed by atoms with E-state index in [0.717, 1.165) is 37.6 Å². The van der Waals surface area contributed by atoms with E-state index in [1.807, 2.05) is 11.9 Å². The molecular weight excluding hydrogens is 284 g/mol. The summed E-state index contributed by atoms with van der Waals surface area (Å²) in [6.45, 7) is 6.81. The van der Waals surface area contributed by atoms with E-state index in [4.69, 9.17) is 5.73 Å². The number of nitrogens with zero attached hydrogens (tertiary/aromatic N) is 3. The van der Waals surface area contributed by atoms with Gasteiger partial charge in [0.25, 0.3) is 5.91 Å². The number of hydrogen-bond donors (Lipinski definition) is 1. The van der Waals surface area contributed by atoms with Crippen LogP contribution in [0.25, 0.3) is 0 Å². The van der Waals surface area contributed by atoms with E-state index in [-0.39, 0.29) is 5.91 Å². The smallest absolute Gasteiger partial charge is 0.267 e. The molecular formula is C15H26N4OS. The highest BCUT2D eigenvalue weighted by atomic mass is 32.1. The van der Waals surface area contributed by atoms with Gasteiger partial charge in [0.15, 0.2) is 5.13 Å². The van der Waals surface area contributed by atoms with E-state index >= 15 is 0 Å². The SMILES string of the molecule is CCCN(CC1CC1)C(=O)c1sc(N(C)CCC)nc1N. The molecule has 1 aromatic heterocycles. The van der Waals surface area contributed by atoms with Crippen LogP contribution in [0.1, 0.15) is 49.2 Å². The van der Waals surface area contributed by atoms with E-state index in [1.54, 1.807) is 0 Å². The topological polar surface area (TPSA) is 62.5 Å². The molecule has 0 aliphatic heterocycles. The third kappa shape index (κ3) is 4.09. The second kappa shape index (κ2) is 7.11. The van der Waals surface area contributed by atoms with Crippen molar-refractivity contribution in [1.82, 2.24) is 9.88 Å². The summed E-state index contributed by atoms with van der Waals surface area (Å²) in [5.41, 5.74) is 5.98. The summed E-state index contributed by atoms with van der Waals surface area (Å²) in [7, 11) is 1.99. The molecule has 1 aliphatic rings. The second-order valence-corrected chi connectivity index (χ2v) is 6.80. The molecule has 0 atom stereocenters. The third-order valence-corrected chi connectivity index (χ3v) is 4.85. The van der Waals surface area contributed by atoms with E-state index in [9.17, 15) is 4.79 Å². The first-order valence-corrected chi connectivity index (χ1v) is 8.65. The van der Waals surface area contributed by atoms with Gasteiger partial charge in [-0.15, -0.1) is 0 Å². The largest absolute Gasteiger partial charge is 0.382 e. The Kier molecular flexibility index (Phi) is 5.45. The van der Waals surface area contributed by atoms with Crippen LogP contribution in [0.3, 0.4) is 0 Å². The van der Waals surface area contributed by atoms with E-state index in [1.165, 1.54) is 24.2 Å². The van der Waals surface area contributed by atoms with Crippen LogP contribution in [0.4, 0.5) is 10.9 Å². The van der Waals surface area contributed by atoms with Gasteiger partial charge in [0.05, 0.1) is 0 Å². The minimum Gasteiger partial charge on any atom is -0.382 e. The average Bonchev–Trinajstić information content (AvgIpc) is 3.18. The first kappa shape index (κ1) is 16.1. The fourth-order valence-corrected chi connectivity index (χ4v) is 3.31. The number of thiazole rings is 1. The molecule has 0 aromatic carbocycles. The summed E-state index contributed by atoms with van der Waals surface area (Å²) in [6.07, 6.45) is 4.51. The minimum absolute atomic E-state index is 0.0508. The second-order valence-electron chi connectivity index (χ2n) is 5.83. The molecule has 5 nitrogen and oxygen atoms in total. The molecule has 0 spiro atoms. The Hall–Kier alpha value is -1.30. The van der Waals surface area contributed by atoms with Crippen LogP contribution in [-0.2, 0) is 0 Å². The number of carbonyl (C=O) groups is 1. The highest BCUT2D eigenvalue weighted by Crippen LogP contribution is 2.32. The Balaban J connectivity index is 2.12. The highest BCUT2D eigenvalue weighted by Gasteiger charge is 2.29. The normalized spacial score (nSPS) is 14.2. The van der Waals surface area contributed by atoms with Gasteiger partial charge in [-0.25, -0.2) is 4.98 Å². The Morgan fingerprint density at radius 1 is 1.33 bits per heavy atom. The molecule has 0 bridgehead atoms. The van der Waals surface area contributed by atoms with Crippen molar-refractivity contribution < 1.29 is 4.79 Å². The van der Waals surface area contributed by atoms with Gasteiger partial charge in [0.2, 0.25) is 0 Å². The summed E-state index contributed by atoms with van der Waals surface area (Å²) < 4.78 is 0. The molecule has 1 fully saturated rings. The summed E-state index contributed by atoms with van der Waals surface area (Å²) >= 11 is 1.42. The lowest BCUT2D eigenvalue weighted by Gasteiger charge is -2.21. The van der Waals surface area contributed by atoms with Gasteiger partial charge in [-0.2, -0.15) is 0 Å². The van der Waals surface area contributed by atoms with Crippen molar-refractivity contribution in [1.29, 1.82) is 0 Å². The van der Waals surface area contributed by atoms with Gasteiger partial charge < -0.3 is 15.5 Å². The zero-order valence-corrected chi connectivity index (χ0v) is 14.1. The van der Waals surface area contributed by atoms with Crippen LogP contribution < -0.4 is 10.6 Å². The van der Waals surface area contributed by atoms with Gasteiger partial charge in [-0.1, -0.05) is 25.2 Å². The molecule has 1 amide bonds. The van der Waals surface area contributed by atoms with Gasteiger partial charge in [-0.05, 0) is 31.6 Å². The molecule has 2 N–H and O–H groups in total. The zero-order valence-electron chi connectivity index (χ0n) is 13.3. The van der Waals surface area contributed by atoms with Crippen molar-refractivity contribution in [3.63, 3.8) is 0 Å². The average molecular weight is 310 g/mol. The molecule has 1 heterocycles. The minimum atomic E-state index is 0.0508. The maximum absolute atomic E-state index is 12.7. The fraction of sp³-hybridized carbons (Fsp3) is 0.733. The van der Waals surface area contributed by atoms with Crippen LogP contribution in [0.15, 0.2) is 0 Å². The number of hydrogen-bond acceptors (Lipinski definition) is 5. The Bertz CT molecular complexity index is 484. The molecule has 118 valence electrons. The number of nitrogen functional groups attached to an aromatic ring is 1. The maximum Gasteiger partial charge on any atom is 0.267 e. The van der Waals surface area contributed by atoms with Gasteiger partial charge in [-0.3, -0.25) is 4.79 Å². The molecule has 1 aromatic rings. The van der Waals surface area contributed by atoms with Crippen molar-refractivity contribution >= 4 is 28.2 Å². The third-order valence-electron chi connectivity index (χ3n) is 3.68. The quantitative estimate of drug-likeness (QED) is 0.802. The monoisotopic (exact) mass is 310 g/mol. The zero-order chi connectivity index (χ0) is 15.4. The molecule has 21 heavy (non-hydrogen) atoms. The lowest BCUT2D eigenvalue weighted by atomic mass is 10.3. The van der Waals surface area contributed by atoms with E-state index < -0.39 is 0 Å². The number of aromatic nitrogens is 1. The Labute approximate surface area is 131 Å². The van der Waals surface area contributed by atoms with Crippen LogP contribution in [0, 0.1) is 5.92 Å². The first-order valence-electron chi connectivity index (χ1n) is 7.83. The van der Waals surface area contributed by atoms with Crippen LogP contribution >= 0.6 is 11.3 Å². The molecule has 6 heteroatoms. The van der Waals surface area contributed by atoms with E-state index in [2.05, 4.69) is 23.7 Å². The predicted octanol–water partition coefficient (Wildman–Crippen LogP) is 2.83. The van der Waals surface area contributed by atoms with Crippen LogP contribution in [0.5, 0.6) is 0 Å². The standard InChI is InChI=1S/C15H26N4OS/c1-4-8-18(3)15-17-13(16)12(21-15)14(20)19(9-5-2)10-11-6-7-11/h11H,4-10,16H2,1-3H3. The summed E-state index contributed by atoms with van der Waals surface area (Å²) in [5, 5.41) is 0.834. The molecule has 0 radical (unpaired) electrons. The van der Waals surface area contributed by atoms with Gasteiger partial charge >= 0.3 is 0 Å². The summed E-state index contributed by atoms with van der Waals surface area (Å²) in [6, 6.07) is 0. The molecule has 1 saturated carbocycles. The van der Waals surface area contributed by atoms with Crippen molar-refractivity contribution in [2.24, 2.45) is 5.92 Å². The van der Waals surface area contributed by atoms with Crippen LogP contribution in [-0.4, -0.2) is 42.5 Å². The first-order chi connectivity index (χ1) is 10.1. The number of rotatable bonds is 8. The van der Waals surface area contributed by atoms with Crippen molar-refractivity contribution in [2.75, 3.05) is 37.3 Å². The number of nitrogens with two attached hydrogens (primary N) is 1. The van der Waals surface area contributed by atoms with Gasteiger partial charge in [0.1, 0.15) is 10.7 Å². The molecule has 0 saturated heterocycles. The van der Waals surface area contributed by atoms with Crippen LogP contribution in [0.2, 0.25) is 0 Å². The maximum atomic E-state index is 12.7. The lowest BCUT2D eigenvalue weighted by Crippen LogP contribution is -2.33. The lowest BCUT2D eigenvalue weighted by molar-refractivity contribution is 0.0753. The molecule has 1 aliphatic carbocycles. The van der Waals surface area contributed by atoms with Crippen molar-refractivity contribution in [3.05, 3.63) is 4.88 Å². The van der Waals surface area contributed by atoms with Crippen molar-refractivity contribution in [3.8, 4) is 0 Å². The van der Waals surface area contributed by atoms with E-state index in [0.29, 0.717) is 16.6 Å². The highest BCUT2D eigenvalue weighted by molar-refractivity contribution is 7.18.